The van der Waals surface area contributed by atoms with Crippen molar-refractivity contribution < 1.29 is 4.79 Å². The van der Waals surface area contributed by atoms with Crippen molar-refractivity contribution in [2.75, 3.05) is 46.3 Å². The molecule has 0 radical (unpaired) electrons. The minimum atomic E-state index is 0.114. The average molecular weight is 310 g/mol. The number of carbonyl (C=O) groups excluding carboxylic acids is 1. The van der Waals surface area contributed by atoms with Gasteiger partial charge in [0.2, 0.25) is 0 Å². The van der Waals surface area contributed by atoms with Crippen molar-refractivity contribution in [1.82, 2.24) is 20.0 Å². The summed E-state index contributed by atoms with van der Waals surface area (Å²) in [6, 6.07) is 0.596. The molecular formula is C17H34N4O. The molecule has 1 heterocycles. The van der Waals surface area contributed by atoms with Gasteiger partial charge in [-0.3, -0.25) is 4.90 Å². The van der Waals surface area contributed by atoms with Gasteiger partial charge in [0.1, 0.15) is 0 Å². The second-order valence-electron chi connectivity index (χ2n) is 7.50. The first kappa shape index (κ1) is 17.5. The van der Waals surface area contributed by atoms with Crippen LogP contribution in [0.1, 0.15) is 40.0 Å². The van der Waals surface area contributed by atoms with Crippen LogP contribution < -0.4 is 5.32 Å². The Labute approximate surface area is 136 Å². The number of carbonyl (C=O) groups is 1. The molecule has 5 nitrogen and oxygen atoms in total. The number of rotatable bonds is 6. The summed E-state index contributed by atoms with van der Waals surface area (Å²) in [5, 5.41) is 3.21. The highest BCUT2D eigenvalue weighted by Gasteiger charge is 2.26. The van der Waals surface area contributed by atoms with Gasteiger partial charge in [0.15, 0.2) is 0 Å². The number of amides is 2. The highest BCUT2D eigenvalue weighted by Crippen LogP contribution is 2.27. The zero-order chi connectivity index (χ0) is 16.1. The summed E-state index contributed by atoms with van der Waals surface area (Å²) in [5.74, 6) is 0.723. The molecular weight excluding hydrogens is 276 g/mol. The number of hydrogen-bond donors (Lipinski definition) is 1. The van der Waals surface area contributed by atoms with Crippen LogP contribution in [0, 0.1) is 5.92 Å². The first-order valence-electron chi connectivity index (χ1n) is 8.93. The van der Waals surface area contributed by atoms with Crippen LogP contribution in [-0.2, 0) is 0 Å². The predicted octanol–water partition coefficient (Wildman–Crippen LogP) is 1.84. The molecule has 0 aromatic carbocycles. The minimum Gasteiger partial charge on any atom is -0.334 e. The van der Waals surface area contributed by atoms with E-state index in [1.807, 2.05) is 4.90 Å². The number of nitrogens with zero attached hydrogens (tertiary/aromatic N) is 3. The standard InChI is InChI=1S/C17H34N4O/c1-14(2)21(13-16-6-5-7-16)17(22)18-15(3)12-20-10-8-19(4)9-11-20/h14-16H,5-13H2,1-4H3,(H,18,22)/t15-/m0/s1. The Morgan fingerprint density at radius 3 is 2.32 bits per heavy atom. The van der Waals surface area contributed by atoms with Crippen LogP contribution in [0.4, 0.5) is 4.79 Å². The Hall–Kier alpha value is -0.810. The maximum absolute atomic E-state index is 12.6. The van der Waals surface area contributed by atoms with Gasteiger partial charge in [-0.25, -0.2) is 4.79 Å². The molecule has 2 rings (SSSR count). The third-order valence-corrected chi connectivity index (χ3v) is 5.06. The lowest BCUT2D eigenvalue weighted by molar-refractivity contribution is 0.132. The van der Waals surface area contributed by atoms with E-state index in [0.717, 1.165) is 45.2 Å². The van der Waals surface area contributed by atoms with Crippen LogP contribution in [0.3, 0.4) is 0 Å². The van der Waals surface area contributed by atoms with Crippen molar-refractivity contribution in [1.29, 1.82) is 0 Å². The molecule has 2 fully saturated rings. The number of urea groups is 1. The molecule has 0 aromatic rings. The van der Waals surface area contributed by atoms with Crippen LogP contribution in [0.25, 0.3) is 0 Å². The lowest BCUT2D eigenvalue weighted by Crippen LogP contribution is -2.53. The fraction of sp³-hybridized carbons (Fsp3) is 0.941. The second-order valence-corrected chi connectivity index (χ2v) is 7.50. The fourth-order valence-corrected chi connectivity index (χ4v) is 3.24. The largest absolute Gasteiger partial charge is 0.334 e. The predicted molar refractivity (Wildman–Crippen MR) is 91.1 cm³/mol. The second kappa shape index (κ2) is 8.16. The summed E-state index contributed by atoms with van der Waals surface area (Å²) in [7, 11) is 2.17. The molecule has 2 aliphatic rings. The molecule has 1 N–H and O–H groups in total. The van der Waals surface area contributed by atoms with Crippen LogP contribution in [0.2, 0.25) is 0 Å². The molecule has 0 spiro atoms. The molecule has 1 atom stereocenters. The van der Waals surface area contributed by atoms with Gasteiger partial charge in [0.25, 0.3) is 0 Å². The van der Waals surface area contributed by atoms with E-state index in [-0.39, 0.29) is 18.1 Å². The van der Waals surface area contributed by atoms with Gasteiger partial charge >= 0.3 is 6.03 Å². The number of hydrogen-bond acceptors (Lipinski definition) is 3. The molecule has 1 saturated heterocycles. The van der Waals surface area contributed by atoms with Gasteiger partial charge < -0.3 is 15.1 Å². The molecule has 0 aromatic heterocycles. The summed E-state index contributed by atoms with van der Waals surface area (Å²) in [5.41, 5.74) is 0. The molecule has 1 saturated carbocycles. The van der Waals surface area contributed by atoms with E-state index >= 15 is 0 Å². The van der Waals surface area contributed by atoms with Crippen LogP contribution >= 0.6 is 0 Å². The summed E-state index contributed by atoms with van der Waals surface area (Å²) in [6.45, 7) is 12.7. The lowest BCUT2D eigenvalue weighted by Gasteiger charge is -2.37. The van der Waals surface area contributed by atoms with Gasteiger partial charge in [0, 0.05) is 51.4 Å². The lowest BCUT2D eigenvalue weighted by atomic mass is 9.85. The Morgan fingerprint density at radius 2 is 1.82 bits per heavy atom. The van der Waals surface area contributed by atoms with E-state index in [1.165, 1.54) is 19.3 Å². The van der Waals surface area contributed by atoms with E-state index in [0.29, 0.717) is 0 Å². The number of piperazine rings is 1. The monoisotopic (exact) mass is 310 g/mol. The van der Waals surface area contributed by atoms with Crippen LogP contribution in [0.15, 0.2) is 0 Å². The van der Waals surface area contributed by atoms with E-state index in [2.05, 4.69) is 42.9 Å². The highest BCUT2D eigenvalue weighted by atomic mass is 16.2. The first-order chi connectivity index (χ1) is 10.5. The van der Waals surface area contributed by atoms with E-state index in [4.69, 9.17) is 0 Å². The van der Waals surface area contributed by atoms with Crippen molar-refractivity contribution in [3.05, 3.63) is 0 Å². The molecule has 5 heteroatoms. The van der Waals surface area contributed by atoms with Crippen LogP contribution in [0.5, 0.6) is 0 Å². The summed E-state index contributed by atoms with van der Waals surface area (Å²) in [4.78, 5) is 19.4. The third-order valence-electron chi connectivity index (χ3n) is 5.06. The maximum atomic E-state index is 12.6. The maximum Gasteiger partial charge on any atom is 0.317 e. The normalized spacial score (nSPS) is 22.4. The highest BCUT2D eigenvalue weighted by molar-refractivity contribution is 5.74. The molecule has 0 bridgehead atoms. The zero-order valence-electron chi connectivity index (χ0n) is 14.8. The van der Waals surface area contributed by atoms with Crippen molar-refractivity contribution in [2.45, 2.75) is 52.1 Å². The fourth-order valence-electron chi connectivity index (χ4n) is 3.24. The van der Waals surface area contributed by atoms with Crippen molar-refractivity contribution in [3.8, 4) is 0 Å². The smallest absolute Gasteiger partial charge is 0.317 e. The van der Waals surface area contributed by atoms with Gasteiger partial charge in [-0.15, -0.1) is 0 Å². The topological polar surface area (TPSA) is 38.8 Å². The first-order valence-corrected chi connectivity index (χ1v) is 8.93. The zero-order valence-corrected chi connectivity index (χ0v) is 14.8. The SMILES string of the molecule is CC(C)N(CC1CCC1)C(=O)N[C@@H](C)CN1CCN(C)CC1. The van der Waals surface area contributed by atoms with E-state index in [9.17, 15) is 4.79 Å². The number of nitrogens with one attached hydrogen (secondary N) is 1. The quantitative estimate of drug-likeness (QED) is 0.814. The molecule has 1 aliphatic heterocycles. The molecule has 0 unspecified atom stereocenters. The van der Waals surface area contributed by atoms with E-state index < -0.39 is 0 Å². The van der Waals surface area contributed by atoms with Crippen LogP contribution in [-0.4, -0.2) is 79.1 Å². The summed E-state index contributed by atoms with van der Waals surface area (Å²) < 4.78 is 0. The van der Waals surface area contributed by atoms with Gasteiger partial charge in [0.05, 0.1) is 0 Å². The third kappa shape index (κ3) is 5.13. The molecule has 128 valence electrons. The Kier molecular flexibility index (Phi) is 6.50. The number of likely N-dealkylation sites (N-methyl/N-ethyl adjacent to an activating group) is 1. The van der Waals surface area contributed by atoms with Gasteiger partial charge in [-0.1, -0.05) is 6.42 Å². The Morgan fingerprint density at radius 1 is 1.18 bits per heavy atom. The Balaban J connectivity index is 1.75. The summed E-state index contributed by atoms with van der Waals surface area (Å²) >= 11 is 0. The summed E-state index contributed by atoms with van der Waals surface area (Å²) in [6.07, 6.45) is 3.90. The van der Waals surface area contributed by atoms with Gasteiger partial charge in [-0.2, -0.15) is 0 Å². The molecule has 22 heavy (non-hydrogen) atoms. The average Bonchev–Trinajstić information content (AvgIpc) is 2.39. The van der Waals surface area contributed by atoms with E-state index in [1.54, 1.807) is 0 Å². The minimum absolute atomic E-state index is 0.114. The van der Waals surface area contributed by atoms with Gasteiger partial charge in [-0.05, 0) is 46.6 Å². The molecule has 1 aliphatic carbocycles. The molecule has 2 amide bonds. The Bertz CT molecular complexity index is 349. The van der Waals surface area contributed by atoms with Crippen molar-refractivity contribution in [2.24, 2.45) is 5.92 Å². The van der Waals surface area contributed by atoms with Crippen molar-refractivity contribution >= 4 is 6.03 Å². The van der Waals surface area contributed by atoms with Crippen molar-refractivity contribution in [3.63, 3.8) is 0 Å².